The number of rotatable bonds is 1. The third-order valence-electron chi connectivity index (χ3n) is 2.85. The summed E-state index contributed by atoms with van der Waals surface area (Å²) in [6.45, 7) is 13.2. The highest BCUT2D eigenvalue weighted by Crippen LogP contribution is 2.33. The zero-order valence-electron chi connectivity index (χ0n) is 11.3. The van der Waals surface area contributed by atoms with Crippen molar-refractivity contribution in [3.63, 3.8) is 0 Å². The number of benzene rings is 1. The highest BCUT2D eigenvalue weighted by Gasteiger charge is 2.20. The van der Waals surface area contributed by atoms with Crippen LogP contribution in [0.2, 0.25) is 0 Å². The van der Waals surface area contributed by atoms with Gasteiger partial charge in [0.15, 0.2) is 0 Å². The summed E-state index contributed by atoms with van der Waals surface area (Å²) in [5.74, 6) is 5.61. The molecule has 0 spiro atoms. The second kappa shape index (κ2) is 4.10. The van der Waals surface area contributed by atoms with Crippen LogP contribution in [0.1, 0.15) is 52.7 Å². The fraction of sp³-hybridized carbons (Fsp3) is 0.571. The van der Waals surface area contributed by atoms with Gasteiger partial charge in [0.2, 0.25) is 0 Å². The van der Waals surface area contributed by atoms with Crippen LogP contribution in [0, 0.1) is 0 Å². The molecule has 0 aliphatic carbocycles. The third-order valence-corrected chi connectivity index (χ3v) is 2.85. The van der Waals surface area contributed by atoms with Gasteiger partial charge in [-0.15, -0.1) is 0 Å². The Balaban J connectivity index is 3.28. The molecule has 1 aromatic rings. The van der Waals surface area contributed by atoms with Crippen molar-refractivity contribution in [1.29, 1.82) is 0 Å². The van der Waals surface area contributed by atoms with Gasteiger partial charge in [0.05, 0.1) is 5.69 Å². The van der Waals surface area contributed by atoms with E-state index in [0.29, 0.717) is 0 Å². The average molecular weight is 220 g/mol. The number of nitrogens with one attached hydrogen (secondary N) is 1. The highest BCUT2D eigenvalue weighted by molar-refractivity contribution is 5.56. The predicted molar refractivity (Wildman–Crippen MR) is 71.7 cm³/mol. The molecule has 0 aromatic heterocycles. The largest absolute Gasteiger partial charge is 0.324 e. The highest BCUT2D eigenvalue weighted by atomic mass is 15.2. The van der Waals surface area contributed by atoms with Crippen molar-refractivity contribution in [3.8, 4) is 0 Å². The first-order valence-electron chi connectivity index (χ1n) is 5.78. The molecule has 0 saturated carbocycles. The van der Waals surface area contributed by atoms with E-state index in [1.54, 1.807) is 0 Å². The summed E-state index contributed by atoms with van der Waals surface area (Å²) < 4.78 is 0. The Morgan fingerprint density at radius 1 is 0.938 bits per heavy atom. The normalized spacial score (nSPS) is 12.7. The number of hydrazine groups is 1. The Bertz CT molecular complexity index is 367. The van der Waals surface area contributed by atoms with E-state index in [2.05, 4.69) is 65.2 Å². The standard InChI is InChI=1S/C14H24N2/c1-13(2,3)10-7-8-11(14(4,5)6)12(9-10)16-15/h7-9,16H,15H2,1-6H3. The number of nitrogen functional groups attached to an aromatic ring is 1. The number of hydrogen-bond acceptors (Lipinski definition) is 2. The molecule has 0 aliphatic rings. The molecular weight excluding hydrogens is 196 g/mol. The Labute approximate surface area is 99.2 Å². The first kappa shape index (κ1) is 13.0. The van der Waals surface area contributed by atoms with Gasteiger partial charge < -0.3 is 5.43 Å². The minimum absolute atomic E-state index is 0.109. The summed E-state index contributed by atoms with van der Waals surface area (Å²) >= 11 is 0. The van der Waals surface area contributed by atoms with Gasteiger partial charge in [-0.2, -0.15) is 0 Å². The van der Waals surface area contributed by atoms with Crippen LogP contribution in [0.15, 0.2) is 18.2 Å². The van der Waals surface area contributed by atoms with Crippen molar-refractivity contribution >= 4 is 5.69 Å². The molecule has 2 heteroatoms. The summed E-state index contributed by atoms with van der Waals surface area (Å²) in [4.78, 5) is 0. The molecule has 0 heterocycles. The van der Waals surface area contributed by atoms with E-state index in [1.807, 2.05) is 0 Å². The lowest BCUT2D eigenvalue weighted by Gasteiger charge is -2.26. The lowest BCUT2D eigenvalue weighted by Crippen LogP contribution is -2.20. The maximum atomic E-state index is 5.61. The second-order valence-corrected chi connectivity index (χ2v) is 6.40. The molecule has 0 aliphatic heterocycles. The van der Waals surface area contributed by atoms with Crippen molar-refractivity contribution in [2.75, 3.05) is 5.43 Å². The molecule has 2 nitrogen and oxygen atoms in total. The summed E-state index contributed by atoms with van der Waals surface area (Å²) in [6, 6.07) is 6.53. The Hall–Kier alpha value is -1.02. The Morgan fingerprint density at radius 2 is 1.50 bits per heavy atom. The van der Waals surface area contributed by atoms with Gasteiger partial charge in [0.25, 0.3) is 0 Å². The van der Waals surface area contributed by atoms with Gasteiger partial charge in [-0.1, -0.05) is 53.7 Å². The van der Waals surface area contributed by atoms with Crippen molar-refractivity contribution in [1.82, 2.24) is 0 Å². The van der Waals surface area contributed by atoms with Crippen LogP contribution in [0.3, 0.4) is 0 Å². The Kier molecular flexibility index (Phi) is 3.34. The van der Waals surface area contributed by atoms with E-state index in [-0.39, 0.29) is 10.8 Å². The summed E-state index contributed by atoms with van der Waals surface area (Å²) in [5.41, 5.74) is 6.66. The van der Waals surface area contributed by atoms with Crippen LogP contribution < -0.4 is 11.3 Å². The van der Waals surface area contributed by atoms with Gasteiger partial charge >= 0.3 is 0 Å². The van der Waals surface area contributed by atoms with Gasteiger partial charge in [-0.05, 0) is 28.0 Å². The molecule has 90 valence electrons. The first-order valence-corrected chi connectivity index (χ1v) is 5.78. The van der Waals surface area contributed by atoms with Crippen molar-refractivity contribution in [2.24, 2.45) is 5.84 Å². The average Bonchev–Trinajstić information content (AvgIpc) is 2.14. The minimum Gasteiger partial charge on any atom is -0.324 e. The predicted octanol–water partition coefficient (Wildman–Crippen LogP) is 3.57. The van der Waals surface area contributed by atoms with E-state index >= 15 is 0 Å². The third kappa shape index (κ3) is 2.76. The minimum atomic E-state index is 0.109. The second-order valence-electron chi connectivity index (χ2n) is 6.40. The molecule has 0 fully saturated rings. The monoisotopic (exact) mass is 220 g/mol. The van der Waals surface area contributed by atoms with Crippen LogP contribution in [0.25, 0.3) is 0 Å². The van der Waals surface area contributed by atoms with E-state index in [1.165, 1.54) is 11.1 Å². The molecular formula is C14H24N2. The van der Waals surface area contributed by atoms with Crippen LogP contribution in [-0.4, -0.2) is 0 Å². The van der Waals surface area contributed by atoms with E-state index in [4.69, 9.17) is 5.84 Å². The fourth-order valence-corrected chi connectivity index (χ4v) is 1.78. The molecule has 0 radical (unpaired) electrons. The van der Waals surface area contributed by atoms with Crippen molar-refractivity contribution in [3.05, 3.63) is 29.3 Å². The molecule has 3 N–H and O–H groups in total. The summed E-state index contributed by atoms with van der Waals surface area (Å²) in [6.07, 6.45) is 0. The maximum absolute atomic E-state index is 5.61. The first-order chi connectivity index (χ1) is 7.16. The molecule has 0 amide bonds. The molecule has 1 aromatic carbocycles. The quantitative estimate of drug-likeness (QED) is 0.561. The van der Waals surface area contributed by atoms with E-state index < -0.39 is 0 Å². The SMILES string of the molecule is CC(C)(C)c1ccc(C(C)(C)C)c(NN)c1. The lowest BCUT2D eigenvalue weighted by atomic mass is 9.81. The molecule has 0 saturated heterocycles. The fourth-order valence-electron chi connectivity index (χ4n) is 1.78. The number of nitrogens with two attached hydrogens (primary N) is 1. The Morgan fingerprint density at radius 3 is 1.88 bits per heavy atom. The van der Waals surface area contributed by atoms with Crippen LogP contribution in [0.4, 0.5) is 5.69 Å². The van der Waals surface area contributed by atoms with Crippen molar-refractivity contribution < 1.29 is 0 Å². The van der Waals surface area contributed by atoms with E-state index in [9.17, 15) is 0 Å². The molecule has 0 unspecified atom stereocenters. The van der Waals surface area contributed by atoms with Gasteiger partial charge in [0, 0.05) is 0 Å². The molecule has 1 rings (SSSR count). The van der Waals surface area contributed by atoms with Gasteiger partial charge in [0.1, 0.15) is 0 Å². The van der Waals surface area contributed by atoms with Crippen LogP contribution in [0.5, 0.6) is 0 Å². The summed E-state index contributed by atoms with van der Waals surface area (Å²) in [7, 11) is 0. The topological polar surface area (TPSA) is 38.0 Å². The summed E-state index contributed by atoms with van der Waals surface area (Å²) in [5, 5.41) is 0. The number of hydrogen-bond donors (Lipinski definition) is 2. The van der Waals surface area contributed by atoms with E-state index in [0.717, 1.165) is 5.69 Å². The lowest BCUT2D eigenvalue weighted by molar-refractivity contribution is 0.578. The zero-order valence-corrected chi connectivity index (χ0v) is 11.3. The number of anilines is 1. The van der Waals surface area contributed by atoms with Gasteiger partial charge in [-0.25, -0.2) is 0 Å². The molecule has 0 bridgehead atoms. The zero-order chi connectivity index (χ0) is 12.6. The molecule has 0 atom stereocenters. The maximum Gasteiger partial charge on any atom is 0.0525 e. The van der Waals surface area contributed by atoms with Crippen LogP contribution >= 0.6 is 0 Å². The smallest absolute Gasteiger partial charge is 0.0525 e. The van der Waals surface area contributed by atoms with Gasteiger partial charge in [-0.3, -0.25) is 5.84 Å². The van der Waals surface area contributed by atoms with Crippen LogP contribution in [-0.2, 0) is 10.8 Å². The molecule has 16 heavy (non-hydrogen) atoms. The van der Waals surface area contributed by atoms with Crippen molar-refractivity contribution in [2.45, 2.75) is 52.4 Å².